The molecular weight excluding hydrogens is 264 g/mol. The van der Waals surface area contributed by atoms with E-state index in [-0.39, 0.29) is 5.75 Å². The van der Waals surface area contributed by atoms with Crippen molar-refractivity contribution in [2.75, 3.05) is 0 Å². The predicted molar refractivity (Wildman–Crippen MR) is 81.1 cm³/mol. The Morgan fingerprint density at radius 1 is 0.524 bits per heavy atom. The fourth-order valence-electron chi connectivity index (χ4n) is 1.91. The molecule has 0 aromatic heterocycles. The van der Waals surface area contributed by atoms with Gasteiger partial charge in [0.25, 0.3) is 0 Å². The van der Waals surface area contributed by atoms with Gasteiger partial charge in [-0.1, -0.05) is 30.3 Å². The van der Waals surface area contributed by atoms with E-state index in [1.807, 2.05) is 48.5 Å². The number of phenols is 1. The van der Waals surface area contributed by atoms with Crippen LogP contribution in [0.5, 0.6) is 28.7 Å². The smallest absolute Gasteiger partial charge is 0.131 e. The van der Waals surface area contributed by atoms with Crippen molar-refractivity contribution < 1.29 is 14.6 Å². The maximum absolute atomic E-state index is 9.44. The lowest BCUT2D eigenvalue weighted by molar-refractivity contribution is 0.448. The van der Waals surface area contributed by atoms with Crippen LogP contribution in [0.1, 0.15) is 0 Å². The molecule has 21 heavy (non-hydrogen) atoms. The summed E-state index contributed by atoms with van der Waals surface area (Å²) in [5.41, 5.74) is 0. The van der Waals surface area contributed by atoms with Crippen molar-refractivity contribution in [3.05, 3.63) is 78.9 Å². The fraction of sp³-hybridized carbons (Fsp3) is 0. The van der Waals surface area contributed by atoms with Gasteiger partial charge in [0.1, 0.15) is 28.7 Å². The second kappa shape index (κ2) is 6.01. The standard InChI is InChI=1S/C18H14O3/c19-14-6-4-9-16(12-14)21-18-11-5-10-17(13-18)20-15-7-2-1-3-8-15/h1-13,19H. The monoisotopic (exact) mass is 278 g/mol. The van der Waals surface area contributed by atoms with Crippen LogP contribution >= 0.6 is 0 Å². The number of phenolic OH excluding ortho intramolecular Hbond substituents is 1. The first-order valence-electron chi connectivity index (χ1n) is 6.59. The molecule has 0 aliphatic heterocycles. The number of aromatic hydroxyl groups is 1. The van der Waals surface area contributed by atoms with Crippen molar-refractivity contribution in [3.63, 3.8) is 0 Å². The van der Waals surface area contributed by atoms with Crippen LogP contribution < -0.4 is 9.47 Å². The fourth-order valence-corrected chi connectivity index (χ4v) is 1.91. The largest absolute Gasteiger partial charge is 0.508 e. The van der Waals surface area contributed by atoms with Crippen molar-refractivity contribution in [2.45, 2.75) is 0 Å². The van der Waals surface area contributed by atoms with Crippen molar-refractivity contribution in [1.29, 1.82) is 0 Å². The van der Waals surface area contributed by atoms with Gasteiger partial charge in [0.05, 0.1) is 0 Å². The molecule has 1 N–H and O–H groups in total. The van der Waals surface area contributed by atoms with Crippen molar-refractivity contribution in [1.82, 2.24) is 0 Å². The van der Waals surface area contributed by atoms with E-state index in [0.29, 0.717) is 17.2 Å². The highest BCUT2D eigenvalue weighted by Crippen LogP contribution is 2.29. The zero-order valence-corrected chi connectivity index (χ0v) is 11.3. The second-order valence-corrected chi connectivity index (χ2v) is 4.49. The van der Waals surface area contributed by atoms with Crippen LogP contribution in [0.15, 0.2) is 78.9 Å². The Balaban J connectivity index is 1.77. The molecule has 0 spiro atoms. The van der Waals surface area contributed by atoms with E-state index in [2.05, 4.69) is 0 Å². The van der Waals surface area contributed by atoms with E-state index in [0.717, 1.165) is 5.75 Å². The number of hydrogen-bond acceptors (Lipinski definition) is 3. The Bertz CT molecular complexity index is 723. The summed E-state index contributed by atoms with van der Waals surface area (Å²) in [6.07, 6.45) is 0. The maximum atomic E-state index is 9.44. The molecule has 0 saturated carbocycles. The van der Waals surface area contributed by atoms with Crippen molar-refractivity contribution >= 4 is 0 Å². The molecule has 3 nitrogen and oxygen atoms in total. The Hall–Kier alpha value is -2.94. The van der Waals surface area contributed by atoms with Crippen LogP contribution in [0.4, 0.5) is 0 Å². The Labute approximate surface area is 123 Å². The molecule has 0 atom stereocenters. The van der Waals surface area contributed by atoms with E-state index in [4.69, 9.17) is 9.47 Å². The first-order chi connectivity index (χ1) is 10.3. The first kappa shape index (κ1) is 13.1. The van der Waals surface area contributed by atoms with Gasteiger partial charge in [0.2, 0.25) is 0 Å². The van der Waals surface area contributed by atoms with Gasteiger partial charge < -0.3 is 14.6 Å². The number of ether oxygens (including phenoxy) is 2. The molecule has 0 radical (unpaired) electrons. The molecule has 3 rings (SSSR count). The summed E-state index contributed by atoms with van der Waals surface area (Å²) in [5, 5.41) is 9.44. The van der Waals surface area contributed by atoms with E-state index in [1.54, 1.807) is 30.3 Å². The molecule has 104 valence electrons. The third-order valence-corrected chi connectivity index (χ3v) is 2.84. The number of benzene rings is 3. The lowest BCUT2D eigenvalue weighted by Crippen LogP contribution is -1.86. The van der Waals surface area contributed by atoms with E-state index < -0.39 is 0 Å². The topological polar surface area (TPSA) is 38.7 Å². The quantitative estimate of drug-likeness (QED) is 0.731. The number of hydrogen-bond donors (Lipinski definition) is 1. The van der Waals surface area contributed by atoms with Crippen LogP contribution in [0.2, 0.25) is 0 Å². The summed E-state index contributed by atoms with van der Waals surface area (Å²) in [5.74, 6) is 2.86. The summed E-state index contributed by atoms with van der Waals surface area (Å²) < 4.78 is 11.4. The van der Waals surface area contributed by atoms with Crippen molar-refractivity contribution in [2.24, 2.45) is 0 Å². The SMILES string of the molecule is Oc1cccc(Oc2cccc(Oc3ccccc3)c2)c1. The highest BCUT2D eigenvalue weighted by atomic mass is 16.5. The third kappa shape index (κ3) is 3.54. The van der Waals surface area contributed by atoms with E-state index >= 15 is 0 Å². The minimum Gasteiger partial charge on any atom is -0.508 e. The van der Waals surface area contributed by atoms with Gasteiger partial charge in [0.15, 0.2) is 0 Å². The van der Waals surface area contributed by atoms with Crippen molar-refractivity contribution in [3.8, 4) is 28.7 Å². The molecule has 0 aliphatic rings. The van der Waals surface area contributed by atoms with E-state index in [1.165, 1.54) is 0 Å². The summed E-state index contributed by atoms with van der Waals surface area (Å²) in [6.45, 7) is 0. The molecule has 0 unspecified atom stereocenters. The van der Waals surface area contributed by atoms with Crippen LogP contribution in [-0.2, 0) is 0 Å². The highest BCUT2D eigenvalue weighted by molar-refractivity contribution is 5.40. The zero-order valence-electron chi connectivity index (χ0n) is 11.3. The molecule has 0 bridgehead atoms. The van der Waals surface area contributed by atoms with Crippen LogP contribution in [0.25, 0.3) is 0 Å². The number of para-hydroxylation sites is 1. The van der Waals surface area contributed by atoms with Gasteiger partial charge in [-0.2, -0.15) is 0 Å². The average Bonchev–Trinajstić information content (AvgIpc) is 2.49. The summed E-state index contributed by atoms with van der Waals surface area (Å²) in [7, 11) is 0. The summed E-state index contributed by atoms with van der Waals surface area (Å²) in [4.78, 5) is 0. The molecule has 3 aromatic carbocycles. The van der Waals surface area contributed by atoms with Crippen LogP contribution in [0, 0.1) is 0 Å². The molecule has 3 heteroatoms. The second-order valence-electron chi connectivity index (χ2n) is 4.49. The normalized spacial score (nSPS) is 10.1. The molecule has 0 saturated heterocycles. The predicted octanol–water partition coefficient (Wildman–Crippen LogP) is 4.98. The summed E-state index contributed by atoms with van der Waals surface area (Å²) in [6, 6.07) is 23.6. The molecular formula is C18H14O3. The average molecular weight is 278 g/mol. The first-order valence-corrected chi connectivity index (χ1v) is 6.59. The van der Waals surface area contributed by atoms with Crippen LogP contribution in [-0.4, -0.2) is 5.11 Å². The molecule has 0 fully saturated rings. The van der Waals surface area contributed by atoms with Gasteiger partial charge in [-0.05, 0) is 36.4 Å². The molecule has 0 aliphatic carbocycles. The summed E-state index contributed by atoms with van der Waals surface area (Å²) >= 11 is 0. The van der Waals surface area contributed by atoms with Gasteiger partial charge in [0, 0.05) is 12.1 Å². The zero-order chi connectivity index (χ0) is 14.5. The lowest BCUT2D eigenvalue weighted by atomic mass is 10.3. The molecule has 0 heterocycles. The van der Waals surface area contributed by atoms with E-state index in [9.17, 15) is 5.11 Å². The Morgan fingerprint density at radius 2 is 1.05 bits per heavy atom. The molecule has 3 aromatic rings. The minimum absolute atomic E-state index is 0.171. The van der Waals surface area contributed by atoms with Crippen LogP contribution in [0.3, 0.4) is 0 Å². The lowest BCUT2D eigenvalue weighted by Gasteiger charge is -2.09. The molecule has 0 amide bonds. The Morgan fingerprint density at radius 3 is 1.71 bits per heavy atom. The Kier molecular flexibility index (Phi) is 3.74. The van der Waals surface area contributed by atoms with Gasteiger partial charge in [-0.15, -0.1) is 0 Å². The maximum Gasteiger partial charge on any atom is 0.131 e. The minimum atomic E-state index is 0.171. The highest BCUT2D eigenvalue weighted by Gasteiger charge is 2.02. The van der Waals surface area contributed by atoms with Gasteiger partial charge in [-0.3, -0.25) is 0 Å². The number of rotatable bonds is 4. The third-order valence-electron chi connectivity index (χ3n) is 2.84. The van der Waals surface area contributed by atoms with Gasteiger partial charge in [-0.25, -0.2) is 0 Å². The van der Waals surface area contributed by atoms with Gasteiger partial charge >= 0.3 is 0 Å².